The molecular formula is C12H16O4. The van der Waals surface area contributed by atoms with Crippen molar-refractivity contribution in [1.82, 2.24) is 0 Å². The zero-order valence-electron chi connectivity index (χ0n) is 9.35. The first kappa shape index (κ1) is 11.3. The van der Waals surface area contributed by atoms with Crippen molar-refractivity contribution in [1.29, 1.82) is 0 Å². The second-order valence-electron chi connectivity index (χ2n) is 4.23. The summed E-state index contributed by atoms with van der Waals surface area (Å²) in [5, 5.41) is 0. The maximum absolute atomic E-state index is 11.5. The first-order chi connectivity index (χ1) is 7.74. The van der Waals surface area contributed by atoms with Crippen LogP contribution in [0.3, 0.4) is 0 Å². The second-order valence-corrected chi connectivity index (χ2v) is 4.23. The number of rotatable bonds is 4. The van der Waals surface area contributed by atoms with Crippen LogP contribution in [0.2, 0.25) is 0 Å². The largest absolute Gasteiger partial charge is 0.393 e. The molecule has 2 rings (SSSR count). The number of fused-ring (bicyclic) bond motifs is 1. The average molecular weight is 224 g/mol. The summed E-state index contributed by atoms with van der Waals surface area (Å²) in [6.45, 7) is 2.70. The van der Waals surface area contributed by atoms with Crippen LogP contribution in [0.25, 0.3) is 0 Å². The predicted octanol–water partition coefficient (Wildman–Crippen LogP) is 1.45. The van der Waals surface area contributed by atoms with E-state index in [0.717, 1.165) is 12.8 Å². The van der Waals surface area contributed by atoms with E-state index < -0.39 is 17.9 Å². The molecule has 0 aromatic carbocycles. The molecule has 2 aliphatic rings. The minimum atomic E-state index is -0.430. The van der Waals surface area contributed by atoms with Crippen molar-refractivity contribution in [3.8, 4) is 0 Å². The summed E-state index contributed by atoms with van der Waals surface area (Å²) >= 11 is 0. The van der Waals surface area contributed by atoms with E-state index in [1.807, 2.05) is 12.2 Å². The predicted molar refractivity (Wildman–Crippen MR) is 56.5 cm³/mol. The highest BCUT2D eigenvalue weighted by molar-refractivity contribution is 5.97. The Morgan fingerprint density at radius 2 is 2.25 bits per heavy atom. The third kappa shape index (κ3) is 2.02. The van der Waals surface area contributed by atoms with E-state index >= 15 is 0 Å². The van der Waals surface area contributed by atoms with E-state index in [0.29, 0.717) is 13.0 Å². The Kier molecular flexibility index (Phi) is 3.39. The molecule has 0 saturated carbocycles. The maximum atomic E-state index is 11.5. The molecule has 4 heteroatoms. The van der Waals surface area contributed by atoms with Crippen molar-refractivity contribution in [3.63, 3.8) is 0 Å². The van der Waals surface area contributed by atoms with Gasteiger partial charge in [0.25, 0.3) is 0 Å². The van der Waals surface area contributed by atoms with E-state index in [1.54, 1.807) is 0 Å². The number of carbonyl (C=O) groups is 2. The normalized spacial score (nSPS) is 32.7. The van der Waals surface area contributed by atoms with Gasteiger partial charge in [-0.2, -0.15) is 0 Å². The van der Waals surface area contributed by atoms with E-state index in [4.69, 9.17) is 4.74 Å². The lowest BCUT2D eigenvalue weighted by Crippen LogP contribution is -2.34. The minimum Gasteiger partial charge on any atom is -0.393 e. The highest BCUT2D eigenvalue weighted by Crippen LogP contribution is 2.34. The molecule has 0 aromatic rings. The molecule has 1 aliphatic heterocycles. The highest BCUT2D eigenvalue weighted by atomic mass is 16.6. The summed E-state index contributed by atoms with van der Waals surface area (Å²) in [6.07, 6.45) is 6.08. The molecule has 3 unspecified atom stereocenters. The molecule has 1 heterocycles. The third-order valence-electron chi connectivity index (χ3n) is 3.09. The first-order valence-corrected chi connectivity index (χ1v) is 5.78. The van der Waals surface area contributed by atoms with Gasteiger partial charge in [0.05, 0.1) is 12.0 Å². The molecule has 0 bridgehead atoms. The standard InChI is InChI=1S/C12H16O4/c1-2-3-7-15-9-6-4-5-8-10(9)12(14)16-11(8)13/h4,6,8-10H,2-3,5,7H2,1H3. The lowest BCUT2D eigenvalue weighted by Gasteiger charge is -2.24. The van der Waals surface area contributed by atoms with Crippen molar-refractivity contribution >= 4 is 11.9 Å². The number of carbonyl (C=O) groups excluding carboxylic acids is 2. The molecule has 0 radical (unpaired) electrons. The molecule has 1 fully saturated rings. The van der Waals surface area contributed by atoms with Gasteiger partial charge in [-0.25, -0.2) is 0 Å². The van der Waals surface area contributed by atoms with Crippen molar-refractivity contribution in [3.05, 3.63) is 12.2 Å². The molecular weight excluding hydrogens is 208 g/mol. The summed E-state index contributed by atoms with van der Waals surface area (Å²) in [5.41, 5.74) is 0. The molecule has 0 spiro atoms. The number of allylic oxidation sites excluding steroid dienone is 1. The average Bonchev–Trinajstić information content (AvgIpc) is 2.56. The maximum Gasteiger partial charge on any atom is 0.320 e. The minimum absolute atomic E-state index is 0.288. The van der Waals surface area contributed by atoms with Gasteiger partial charge in [0.15, 0.2) is 0 Å². The number of cyclic esters (lactones) is 2. The summed E-state index contributed by atoms with van der Waals surface area (Å²) in [4.78, 5) is 22.9. The van der Waals surface area contributed by atoms with Gasteiger partial charge in [-0.1, -0.05) is 25.5 Å². The Morgan fingerprint density at radius 1 is 1.44 bits per heavy atom. The molecule has 4 nitrogen and oxygen atoms in total. The Morgan fingerprint density at radius 3 is 3.00 bits per heavy atom. The molecule has 1 saturated heterocycles. The molecule has 3 atom stereocenters. The molecule has 0 N–H and O–H groups in total. The van der Waals surface area contributed by atoms with E-state index in [-0.39, 0.29) is 12.0 Å². The van der Waals surface area contributed by atoms with Crippen molar-refractivity contribution in [2.45, 2.75) is 32.3 Å². The van der Waals surface area contributed by atoms with Crippen LogP contribution in [0, 0.1) is 11.8 Å². The van der Waals surface area contributed by atoms with Gasteiger partial charge in [0.1, 0.15) is 5.92 Å². The fourth-order valence-electron chi connectivity index (χ4n) is 2.16. The quantitative estimate of drug-likeness (QED) is 0.314. The van der Waals surface area contributed by atoms with Crippen LogP contribution < -0.4 is 0 Å². The van der Waals surface area contributed by atoms with Crippen LogP contribution in [0.5, 0.6) is 0 Å². The number of hydrogen-bond acceptors (Lipinski definition) is 4. The van der Waals surface area contributed by atoms with E-state index in [9.17, 15) is 9.59 Å². The van der Waals surface area contributed by atoms with Crippen LogP contribution in [0.4, 0.5) is 0 Å². The van der Waals surface area contributed by atoms with Crippen molar-refractivity contribution in [2.75, 3.05) is 6.61 Å². The van der Waals surface area contributed by atoms with Crippen molar-refractivity contribution in [2.24, 2.45) is 11.8 Å². The van der Waals surface area contributed by atoms with Crippen LogP contribution in [-0.2, 0) is 19.1 Å². The zero-order chi connectivity index (χ0) is 11.5. The lowest BCUT2D eigenvalue weighted by atomic mass is 9.83. The van der Waals surface area contributed by atoms with Gasteiger partial charge in [-0.15, -0.1) is 0 Å². The number of unbranched alkanes of at least 4 members (excludes halogenated alkanes) is 1. The van der Waals surface area contributed by atoms with E-state index in [2.05, 4.69) is 11.7 Å². The van der Waals surface area contributed by atoms with Gasteiger partial charge >= 0.3 is 11.9 Å². The second kappa shape index (κ2) is 4.78. The molecule has 1 aliphatic carbocycles. The zero-order valence-corrected chi connectivity index (χ0v) is 9.35. The molecule has 0 amide bonds. The van der Waals surface area contributed by atoms with Gasteiger partial charge in [0.2, 0.25) is 0 Å². The summed E-state index contributed by atoms with van der Waals surface area (Å²) in [6, 6.07) is 0. The Labute approximate surface area is 94.6 Å². The number of hydrogen-bond donors (Lipinski definition) is 0. The van der Waals surface area contributed by atoms with Gasteiger partial charge in [-0.3, -0.25) is 9.59 Å². The fraction of sp³-hybridized carbons (Fsp3) is 0.667. The molecule has 0 aromatic heterocycles. The molecule has 16 heavy (non-hydrogen) atoms. The summed E-state index contributed by atoms with van der Waals surface area (Å²) < 4.78 is 10.3. The SMILES string of the molecule is CCCCOC1C=CCC2C(=O)OC(=O)C12. The number of ether oxygens (including phenoxy) is 2. The molecule has 88 valence electrons. The lowest BCUT2D eigenvalue weighted by molar-refractivity contribution is -0.154. The Hall–Kier alpha value is -1.16. The highest BCUT2D eigenvalue weighted by Gasteiger charge is 2.49. The topological polar surface area (TPSA) is 52.6 Å². The van der Waals surface area contributed by atoms with Crippen molar-refractivity contribution < 1.29 is 19.1 Å². The number of esters is 2. The van der Waals surface area contributed by atoms with Crippen LogP contribution in [-0.4, -0.2) is 24.6 Å². The van der Waals surface area contributed by atoms with Crippen LogP contribution in [0.1, 0.15) is 26.2 Å². The van der Waals surface area contributed by atoms with Gasteiger partial charge in [0, 0.05) is 6.61 Å². The Balaban J connectivity index is 2.02. The Bertz CT molecular complexity index is 321. The third-order valence-corrected chi connectivity index (χ3v) is 3.09. The van der Waals surface area contributed by atoms with Gasteiger partial charge < -0.3 is 9.47 Å². The van der Waals surface area contributed by atoms with Gasteiger partial charge in [-0.05, 0) is 12.8 Å². The summed E-state index contributed by atoms with van der Waals surface area (Å²) in [5.74, 6) is -1.58. The van der Waals surface area contributed by atoms with Crippen LogP contribution >= 0.6 is 0 Å². The smallest absolute Gasteiger partial charge is 0.320 e. The summed E-state index contributed by atoms with van der Waals surface area (Å²) in [7, 11) is 0. The fourth-order valence-corrected chi connectivity index (χ4v) is 2.16. The van der Waals surface area contributed by atoms with E-state index in [1.165, 1.54) is 0 Å². The first-order valence-electron chi connectivity index (χ1n) is 5.78. The monoisotopic (exact) mass is 224 g/mol. The van der Waals surface area contributed by atoms with Crippen LogP contribution in [0.15, 0.2) is 12.2 Å².